The summed E-state index contributed by atoms with van der Waals surface area (Å²) in [5.41, 5.74) is 2.16. The number of ether oxygens (including phenoxy) is 2. The van der Waals surface area contributed by atoms with Crippen LogP contribution in [0.25, 0.3) is 0 Å². The van der Waals surface area contributed by atoms with Crippen LogP contribution in [0, 0.1) is 0 Å². The van der Waals surface area contributed by atoms with Crippen molar-refractivity contribution in [1.82, 2.24) is 4.90 Å². The molecule has 1 aliphatic carbocycles. The van der Waals surface area contributed by atoms with Gasteiger partial charge in [-0.15, -0.1) is 0 Å². The van der Waals surface area contributed by atoms with Crippen molar-refractivity contribution in [3.8, 4) is 5.75 Å². The number of carbonyl (C=O) groups is 2. The van der Waals surface area contributed by atoms with Crippen LogP contribution in [0.2, 0.25) is 0 Å². The lowest BCUT2D eigenvalue weighted by Crippen LogP contribution is -2.28. The number of hydrogen-bond acceptors (Lipinski definition) is 4. The zero-order chi connectivity index (χ0) is 20.2. The Morgan fingerprint density at radius 2 is 1.79 bits per heavy atom. The molecule has 4 rings (SSSR count). The fourth-order valence-corrected chi connectivity index (χ4v) is 4.12. The van der Waals surface area contributed by atoms with E-state index in [1.807, 2.05) is 42.5 Å². The summed E-state index contributed by atoms with van der Waals surface area (Å²) in [5, 5.41) is 0. The lowest BCUT2D eigenvalue weighted by atomic mass is 9.98. The van der Waals surface area contributed by atoms with Crippen LogP contribution in [0.3, 0.4) is 0 Å². The van der Waals surface area contributed by atoms with Crippen LogP contribution < -0.4 is 4.74 Å². The average Bonchev–Trinajstić information content (AvgIpc) is 3.09. The Hall–Kier alpha value is -2.82. The lowest BCUT2D eigenvalue weighted by Gasteiger charge is -2.23. The van der Waals surface area contributed by atoms with Crippen LogP contribution in [0.4, 0.5) is 0 Å². The minimum atomic E-state index is -0.291. The standard InChI is InChI=1S/C24H27NO4/c1-25(16-15-22-20-9-5-6-10-21(20)24(27)29-22)23(26)17-11-13-19(14-12-17)28-18-7-3-2-4-8-18/h5-6,9-14,18,22H,2-4,7-8,15-16H2,1H3. The maximum Gasteiger partial charge on any atom is 0.339 e. The van der Waals surface area contributed by atoms with E-state index in [0.29, 0.717) is 30.2 Å². The molecule has 0 radical (unpaired) electrons. The Morgan fingerprint density at radius 3 is 2.55 bits per heavy atom. The van der Waals surface area contributed by atoms with Crippen molar-refractivity contribution < 1.29 is 19.1 Å². The van der Waals surface area contributed by atoms with Gasteiger partial charge in [0.15, 0.2) is 0 Å². The summed E-state index contributed by atoms with van der Waals surface area (Å²) in [6.07, 6.45) is 6.56. The van der Waals surface area contributed by atoms with Crippen LogP contribution in [0.15, 0.2) is 48.5 Å². The van der Waals surface area contributed by atoms with Gasteiger partial charge in [0.1, 0.15) is 11.9 Å². The van der Waals surface area contributed by atoms with Gasteiger partial charge < -0.3 is 14.4 Å². The number of esters is 1. The maximum absolute atomic E-state index is 12.7. The first-order valence-corrected chi connectivity index (χ1v) is 10.4. The van der Waals surface area contributed by atoms with E-state index < -0.39 is 0 Å². The van der Waals surface area contributed by atoms with E-state index in [9.17, 15) is 9.59 Å². The van der Waals surface area contributed by atoms with E-state index in [4.69, 9.17) is 9.47 Å². The molecule has 0 bridgehead atoms. The zero-order valence-corrected chi connectivity index (χ0v) is 16.8. The Morgan fingerprint density at radius 1 is 1.07 bits per heavy atom. The molecule has 5 nitrogen and oxygen atoms in total. The van der Waals surface area contributed by atoms with Crippen LogP contribution in [0.1, 0.15) is 70.9 Å². The second kappa shape index (κ2) is 8.68. The minimum Gasteiger partial charge on any atom is -0.490 e. The number of carbonyl (C=O) groups excluding carboxylic acids is 2. The van der Waals surface area contributed by atoms with E-state index in [0.717, 1.165) is 24.2 Å². The van der Waals surface area contributed by atoms with Gasteiger partial charge in [-0.05, 0) is 56.0 Å². The monoisotopic (exact) mass is 393 g/mol. The Kier molecular flexibility index (Phi) is 5.84. The van der Waals surface area contributed by atoms with Crippen molar-refractivity contribution in [2.45, 2.75) is 50.7 Å². The molecular formula is C24H27NO4. The summed E-state index contributed by atoms with van der Waals surface area (Å²) in [7, 11) is 1.78. The van der Waals surface area contributed by atoms with Crippen molar-refractivity contribution >= 4 is 11.9 Å². The molecule has 1 amide bonds. The van der Waals surface area contributed by atoms with Crippen LogP contribution in [-0.4, -0.2) is 36.5 Å². The lowest BCUT2D eigenvalue weighted by molar-refractivity contribution is 0.0349. The van der Waals surface area contributed by atoms with Crippen LogP contribution in [-0.2, 0) is 4.74 Å². The third-order valence-corrected chi connectivity index (χ3v) is 5.81. The predicted molar refractivity (Wildman–Crippen MR) is 110 cm³/mol. The number of fused-ring (bicyclic) bond motifs is 1. The number of hydrogen-bond donors (Lipinski definition) is 0. The molecule has 1 aliphatic heterocycles. The number of benzene rings is 2. The van der Waals surface area contributed by atoms with Gasteiger partial charge >= 0.3 is 5.97 Å². The third-order valence-electron chi connectivity index (χ3n) is 5.81. The fourth-order valence-electron chi connectivity index (χ4n) is 4.12. The molecule has 2 aromatic carbocycles. The molecule has 0 saturated heterocycles. The molecular weight excluding hydrogens is 366 g/mol. The Bertz CT molecular complexity index is 871. The van der Waals surface area contributed by atoms with Crippen molar-refractivity contribution in [2.75, 3.05) is 13.6 Å². The first-order chi connectivity index (χ1) is 14.1. The van der Waals surface area contributed by atoms with E-state index in [2.05, 4.69) is 0 Å². The summed E-state index contributed by atoms with van der Waals surface area (Å²) >= 11 is 0. The first-order valence-electron chi connectivity index (χ1n) is 10.4. The summed E-state index contributed by atoms with van der Waals surface area (Å²) in [4.78, 5) is 26.3. The summed E-state index contributed by atoms with van der Waals surface area (Å²) in [6.45, 7) is 0.505. The summed E-state index contributed by atoms with van der Waals surface area (Å²) in [6, 6.07) is 14.8. The molecule has 29 heavy (non-hydrogen) atoms. The Balaban J connectivity index is 1.32. The first kappa shape index (κ1) is 19.5. The molecule has 2 aromatic rings. The van der Waals surface area contributed by atoms with Crippen molar-refractivity contribution in [1.29, 1.82) is 0 Å². The van der Waals surface area contributed by atoms with Gasteiger partial charge in [0, 0.05) is 31.1 Å². The largest absolute Gasteiger partial charge is 0.490 e. The van der Waals surface area contributed by atoms with Crippen molar-refractivity contribution in [3.05, 3.63) is 65.2 Å². The predicted octanol–water partition coefficient (Wildman–Crippen LogP) is 4.77. The zero-order valence-electron chi connectivity index (χ0n) is 16.8. The summed E-state index contributed by atoms with van der Waals surface area (Å²) in [5.74, 6) is 0.491. The van der Waals surface area contributed by atoms with Gasteiger partial charge in [0.05, 0.1) is 11.7 Å². The maximum atomic E-state index is 12.7. The molecule has 152 valence electrons. The van der Waals surface area contributed by atoms with E-state index in [1.54, 1.807) is 18.0 Å². The number of cyclic esters (lactones) is 1. The molecule has 1 atom stereocenters. The van der Waals surface area contributed by atoms with E-state index >= 15 is 0 Å². The number of nitrogens with zero attached hydrogens (tertiary/aromatic N) is 1. The topological polar surface area (TPSA) is 55.8 Å². The highest BCUT2D eigenvalue weighted by Gasteiger charge is 2.30. The van der Waals surface area contributed by atoms with E-state index in [1.165, 1.54) is 19.3 Å². The normalized spacial score (nSPS) is 18.8. The molecule has 2 aliphatic rings. The highest BCUT2D eigenvalue weighted by molar-refractivity contribution is 5.94. The van der Waals surface area contributed by atoms with Gasteiger partial charge in [-0.25, -0.2) is 4.79 Å². The van der Waals surface area contributed by atoms with Crippen molar-refractivity contribution in [3.63, 3.8) is 0 Å². The van der Waals surface area contributed by atoms with Gasteiger partial charge in [-0.3, -0.25) is 4.79 Å². The highest BCUT2D eigenvalue weighted by atomic mass is 16.5. The molecule has 0 aromatic heterocycles. The van der Waals surface area contributed by atoms with Gasteiger partial charge in [0.2, 0.25) is 0 Å². The molecule has 1 saturated carbocycles. The summed E-state index contributed by atoms with van der Waals surface area (Å²) < 4.78 is 11.5. The second-order valence-corrected chi connectivity index (χ2v) is 7.90. The number of amides is 1. The molecule has 1 fully saturated rings. The fraction of sp³-hybridized carbons (Fsp3) is 0.417. The minimum absolute atomic E-state index is 0.0492. The smallest absolute Gasteiger partial charge is 0.339 e. The van der Waals surface area contributed by atoms with Gasteiger partial charge in [-0.1, -0.05) is 24.6 Å². The number of rotatable bonds is 6. The Labute approximate surface area is 171 Å². The molecule has 0 N–H and O–H groups in total. The van der Waals surface area contributed by atoms with Crippen molar-refractivity contribution in [2.24, 2.45) is 0 Å². The van der Waals surface area contributed by atoms with Gasteiger partial charge in [-0.2, -0.15) is 0 Å². The molecule has 1 heterocycles. The van der Waals surface area contributed by atoms with Gasteiger partial charge in [0.25, 0.3) is 5.91 Å². The van der Waals surface area contributed by atoms with E-state index in [-0.39, 0.29) is 18.0 Å². The molecule has 0 spiro atoms. The van der Waals surface area contributed by atoms with Crippen LogP contribution >= 0.6 is 0 Å². The second-order valence-electron chi connectivity index (χ2n) is 7.90. The quantitative estimate of drug-likeness (QED) is 0.663. The molecule has 1 unspecified atom stereocenters. The third kappa shape index (κ3) is 4.44. The average molecular weight is 393 g/mol. The molecule has 5 heteroatoms. The SMILES string of the molecule is CN(CCC1OC(=O)c2ccccc21)C(=O)c1ccc(OC2CCCCC2)cc1. The highest BCUT2D eigenvalue weighted by Crippen LogP contribution is 2.33. The van der Waals surface area contributed by atoms with Crippen LogP contribution in [0.5, 0.6) is 5.75 Å².